The lowest BCUT2D eigenvalue weighted by Crippen LogP contribution is -2.30. The number of nitrogens with one attached hydrogen (secondary N) is 1. The van der Waals surface area contributed by atoms with E-state index in [1.807, 2.05) is 24.8 Å². The fourth-order valence-corrected chi connectivity index (χ4v) is 3.45. The van der Waals surface area contributed by atoms with Gasteiger partial charge in [-0.3, -0.25) is 5.41 Å². The zero-order chi connectivity index (χ0) is 14.0. The van der Waals surface area contributed by atoms with E-state index < -0.39 is 0 Å². The van der Waals surface area contributed by atoms with Crippen molar-refractivity contribution in [2.45, 2.75) is 31.9 Å². The average Bonchev–Trinajstić information content (AvgIpc) is 2.49. The maximum atomic E-state index is 7.77. The van der Waals surface area contributed by atoms with Crippen LogP contribution < -0.4 is 10.6 Å². The number of aromatic nitrogens is 1. The predicted molar refractivity (Wildman–Crippen MR) is 83.4 cm³/mol. The van der Waals surface area contributed by atoms with Gasteiger partial charge in [0.05, 0.1) is 5.56 Å². The molecule has 0 spiro atoms. The zero-order valence-electron chi connectivity index (χ0n) is 11.9. The Morgan fingerprint density at radius 2 is 2.21 bits per heavy atom. The first kappa shape index (κ1) is 14.2. The average molecular weight is 278 g/mol. The van der Waals surface area contributed by atoms with E-state index in [4.69, 9.17) is 11.1 Å². The molecule has 1 aliphatic rings. The number of anilines is 1. The molecule has 2 rings (SSSR count). The minimum atomic E-state index is 0.108. The summed E-state index contributed by atoms with van der Waals surface area (Å²) in [5, 5.41) is 7.77. The number of rotatable bonds is 2. The van der Waals surface area contributed by atoms with Gasteiger partial charge >= 0.3 is 0 Å². The van der Waals surface area contributed by atoms with Gasteiger partial charge in [0.25, 0.3) is 0 Å². The summed E-state index contributed by atoms with van der Waals surface area (Å²) in [6, 6.07) is 1.91. The Labute approximate surface area is 119 Å². The number of aryl methyl sites for hydroxylation is 1. The smallest absolute Gasteiger partial charge is 0.139 e. The summed E-state index contributed by atoms with van der Waals surface area (Å²) in [6.07, 6.45) is 2.92. The van der Waals surface area contributed by atoms with Crippen molar-refractivity contribution in [2.75, 3.05) is 23.7 Å². The van der Waals surface area contributed by atoms with E-state index >= 15 is 0 Å². The van der Waals surface area contributed by atoms with Gasteiger partial charge in [-0.1, -0.05) is 13.8 Å². The first-order chi connectivity index (χ1) is 8.91. The van der Waals surface area contributed by atoms with Crippen LogP contribution >= 0.6 is 11.8 Å². The number of thioether (sulfide) groups is 1. The molecule has 1 fully saturated rings. The standard InChI is InChI=1S/C14H22N4S/c1-10-4-6-17-13(11(10)12(15)16)18-7-5-14(2,3)19-9-8-18/h4,6H,5,7-9H2,1-3H3,(H3,15,16). The highest BCUT2D eigenvalue weighted by atomic mass is 32.2. The minimum absolute atomic E-state index is 0.108. The van der Waals surface area contributed by atoms with Crippen molar-refractivity contribution in [3.8, 4) is 0 Å². The van der Waals surface area contributed by atoms with E-state index in [0.717, 1.165) is 42.2 Å². The molecule has 1 aromatic heterocycles. The molecule has 19 heavy (non-hydrogen) atoms. The lowest BCUT2D eigenvalue weighted by atomic mass is 10.1. The van der Waals surface area contributed by atoms with Gasteiger partial charge in [-0.25, -0.2) is 4.98 Å². The van der Waals surface area contributed by atoms with E-state index in [1.54, 1.807) is 6.20 Å². The van der Waals surface area contributed by atoms with Gasteiger partial charge in [0.2, 0.25) is 0 Å². The maximum Gasteiger partial charge on any atom is 0.139 e. The summed E-state index contributed by atoms with van der Waals surface area (Å²) in [5.74, 6) is 2.06. The third kappa shape index (κ3) is 3.21. The van der Waals surface area contributed by atoms with E-state index in [-0.39, 0.29) is 5.84 Å². The molecule has 0 atom stereocenters. The van der Waals surface area contributed by atoms with Gasteiger partial charge in [0.15, 0.2) is 0 Å². The highest BCUT2D eigenvalue weighted by Gasteiger charge is 2.26. The molecule has 0 bridgehead atoms. The number of nitrogens with two attached hydrogens (primary N) is 1. The molecule has 0 unspecified atom stereocenters. The third-order valence-electron chi connectivity index (χ3n) is 3.55. The molecule has 1 aliphatic heterocycles. The van der Waals surface area contributed by atoms with Gasteiger partial charge in [-0.15, -0.1) is 0 Å². The maximum absolute atomic E-state index is 7.77. The molecular weight excluding hydrogens is 256 g/mol. The number of amidine groups is 1. The molecule has 104 valence electrons. The molecule has 4 nitrogen and oxygen atoms in total. The number of nitrogen functional groups attached to an aromatic ring is 1. The van der Waals surface area contributed by atoms with Crippen molar-refractivity contribution in [3.05, 3.63) is 23.4 Å². The predicted octanol–water partition coefficient (Wildman–Crippen LogP) is 2.40. The number of hydrogen-bond acceptors (Lipinski definition) is 4. The molecule has 0 saturated carbocycles. The molecule has 0 aromatic carbocycles. The van der Waals surface area contributed by atoms with Gasteiger partial charge in [0, 0.05) is 29.8 Å². The molecular formula is C14H22N4S. The van der Waals surface area contributed by atoms with Crippen LogP contribution in [0, 0.1) is 12.3 Å². The molecule has 0 amide bonds. The summed E-state index contributed by atoms with van der Waals surface area (Å²) < 4.78 is 0.314. The van der Waals surface area contributed by atoms with Crippen LogP contribution in [0.5, 0.6) is 0 Å². The third-order valence-corrected chi connectivity index (χ3v) is 4.92. The van der Waals surface area contributed by atoms with Crippen molar-refractivity contribution >= 4 is 23.4 Å². The number of nitrogens with zero attached hydrogens (tertiary/aromatic N) is 2. The van der Waals surface area contributed by atoms with Crippen LogP contribution in [0.1, 0.15) is 31.4 Å². The van der Waals surface area contributed by atoms with Crippen molar-refractivity contribution in [2.24, 2.45) is 5.73 Å². The van der Waals surface area contributed by atoms with Crippen LogP contribution in [-0.2, 0) is 0 Å². The highest BCUT2D eigenvalue weighted by Crippen LogP contribution is 2.32. The monoisotopic (exact) mass is 278 g/mol. The zero-order valence-corrected chi connectivity index (χ0v) is 12.7. The molecule has 5 heteroatoms. The van der Waals surface area contributed by atoms with Gasteiger partial charge in [0.1, 0.15) is 11.7 Å². The van der Waals surface area contributed by atoms with Crippen LogP contribution in [0.3, 0.4) is 0 Å². The lowest BCUT2D eigenvalue weighted by molar-refractivity contribution is 0.635. The summed E-state index contributed by atoms with van der Waals surface area (Å²) >= 11 is 2.00. The SMILES string of the molecule is Cc1ccnc(N2CCSC(C)(C)CC2)c1C(=N)N. The summed E-state index contributed by atoms with van der Waals surface area (Å²) in [6.45, 7) is 8.49. The Balaban J connectivity index is 2.32. The second-order valence-corrected chi connectivity index (χ2v) is 7.39. The Hall–Kier alpha value is -1.23. The molecule has 3 N–H and O–H groups in total. The second-order valence-electron chi connectivity index (χ2n) is 5.59. The molecule has 1 aromatic rings. The Bertz CT molecular complexity index is 484. The van der Waals surface area contributed by atoms with Crippen LogP contribution in [-0.4, -0.2) is 34.4 Å². The van der Waals surface area contributed by atoms with Crippen LogP contribution in [0.2, 0.25) is 0 Å². The normalized spacial score (nSPS) is 19.0. The largest absolute Gasteiger partial charge is 0.384 e. The van der Waals surface area contributed by atoms with E-state index in [0.29, 0.717) is 4.75 Å². The Morgan fingerprint density at radius 3 is 2.89 bits per heavy atom. The quantitative estimate of drug-likeness (QED) is 0.644. The lowest BCUT2D eigenvalue weighted by Gasteiger charge is -2.25. The van der Waals surface area contributed by atoms with Crippen LogP contribution in [0.25, 0.3) is 0 Å². The van der Waals surface area contributed by atoms with Crippen molar-refractivity contribution in [3.63, 3.8) is 0 Å². The van der Waals surface area contributed by atoms with Gasteiger partial charge < -0.3 is 10.6 Å². The fraction of sp³-hybridized carbons (Fsp3) is 0.571. The molecule has 0 aliphatic carbocycles. The summed E-state index contributed by atoms with van der Waals surface area (Å²) in [4.78, 5) is 6.74. The fourth-order valence-electron chi connectivity index (χ4n) is 2.35. The Kier molecular flexibility index (Phi) is 4.04. The van der Waals surface area contributed by atoms with Crippen molar-refractivity contribution < 1.29 is 0 Å². The van der Waals surface area contributed by atoms with Crippen molar-refractivity contribution in [1.82, 2.24) is 4.98 Å². The first-order valence-electron chi connectivity index (χ1n) is 6.59. The number of pyridine rings is 1. The minimum Gasteiger partial charge on any atom is -0.384 e. The Morgan fingerprint density at radius 1 is 1.47 bits per heavy atom. The molecule has 1 saturated heterocycles. The molecule has 0 radical (unpaired) electrons. The summed E-state index contributed by atoms with van der Waals surface area (Å²) in [7, 11) is 0. The number of hydrogen-bond donors (Lipinski definition) is 2. The van der Waals surface area contributed by atoms with Crippen molar-refractivity contribution in [1.29, 1.82) is 5.41 Å². The topological polar surface area (TPSA) is 66.0 Å². The molecule has 2 heterocycles. The second kappa shape index (κ2) is 5.41. The van der Waals surface area contributed by atoms with Gasteiger partial charge in [-0.2, -0.15) is 11.8 Å². The highest BCUT2D eigenvalue weighted by molar-refractivity contribution is 8.00. The van der Waals surface area contributed by atoms with Crippen LogP contribution in [0.15, 0.2) is 12.3 Å². The van der Waals surface area contributed by atoms with E-state index in [9.17, 15) is 0 Å². The van der Waals surface area contributed by atoms with Crippen LogP contribution in [0.4, 0.5) is 5.82 Å². The van der Waals surface area contributed by atoms with E-state index in [1.165, 1.54) is 0 Å². The first-order valence-corrected chi connectivity index (χ1v) is 7.58. The summed E-state index contributed by atoms with van der Waals surface area (Å²) in [5.41, 5.74) is 7.53. The van der Waals surface area contributed by atoms with E-state index in [2.05, 4.69) is 23.7 Å². The van der Waals surface area contributed by atoms with Gasteiger partial charge in [-0.05, 0) is 25.0 Å².